The summed E-state index contributed by atoms with van der Waals surface area (Å²) in [7, 11) is 0. The number of amides is 1. The van der Waals surface area contributed by atoms with Crippen LogP contribution in [0.15, 0.2) is 24.4 Å². The van der Waals surface area contributed by atoms with Gasteiger partial charge in [0.25, 0.3) is 0 Å². The third-order valence-electron chi connectivity index (χ3n) is 3.02. The zero-order valence-electron chi connectivity index (χ0n) is 12.8. The summed E-state index contributed by atoms with van der Waals surface area (Å²) in [6.45, 7) is 7.35. The first-order valence-corrected chi connectivity index (χ1v) is 6.99. The third-order valence-corrected chi connectivity index (χ3v) is 3.02. The van der Waals surface area contributed by atoms with Gasteiger partial charge in [0.2, 0.25) is 0 Å². The molecule has 1 aromatic heterocycles. The van der Waals surface area contributed by atoms with Crippen molar-refractivity contribution in [3.8, 4) is 0 Å². The molecule has 0 aliphatic rings. The average molecular weight is 292 g/mol. The largest absolute Gasteiger partial charge is 0.444 e. The van der Waals surface area contributed by atoms with Crippen molar-refractivity contribution in [2.24, 2.45) is 0 Å². The molecule has 1 heterocycles. The lowest BCUT2D eigenvalue weighted by Crippen LogP contribution is -2.38. The van der Waals surface area contributed by atoms with Crippen LogP contribution in [0.5, 0.6) is 0 Å². The van der Waals surface area contributed by atoms with E-state index in [1.807, 2.05) is 33.9 Å². The number of fused-ring (bicyclic) bond motifs is 1. The summed E-state index contributed by atoms with van der Waals surface area (Å²) in [5.41, 5.74) is 1.33. The highest BCUT2D eigenvalue weighted by Gasteiger charge is 2.18. The highest BCUT2D eigenvalue weighted by Crippen LogP contribution is 2.20. The molecule has 2 aromatic rings. The molecule has 0 bridgehead atoms. The smallest absolute Gasteiger partial charge is 0.407 e. The molecule has 114 valence electrons. The van der Waals surface area contributed by atoms with Gasteiger partial charge in [-0.25, -0.2) is 9.18 Å². The molecule has 4 nitrogen and oxygen atoms in total. The minimum atomic E-state index is -0.520. The summed E-state index contributed by atoms with van der Waals surface area (Å²) < 4.78 is 18.5. The van der Waals surface area contributed by atoms with Gasteiger partial charge in [-0.05, 0) is 57.9 Å². The molecule has 1 amide bonds. The number of hydrogen-bond donors (Lipinski definition) is 2. The molecule has 0 saturated heterocycles. The highest BCUT2D eigenvalue weighted by atomic mass is 19.1. The van der Waals surface area contributed by atoms with Gasteiger partial charge in [-0.2, -0.15) is 0 Å². The quantitative estimate of drug-likeness (QED) is 0.905. The third kappa shape index (κ3) is 4.21. The number of hydrogen-bond acceptors (Lipinski definition) is 2. The first-order chi connectivity index (χ1) is 9.74. The lowest BCUT2D eigenvalue weighted by atomic mass is 10.1. The van der Waals surface area contributed by atoms with E-state index < -0.39 is 11.7 Å². The molecule has 0 aliphatic carbocycles. The highest BCUT2D eigenvalue weighted by molar-refractivity contribution is 5.83. The van der Waals surface area contributed by atoms with E-state index in [4.69, 9.17) is 4.74 Å². The van der Waals surface area contributed by atoms with E-state index in [1.54, 1.807) is 6.07 Å². The second kappa shape index (κ2) is 5.76. The first kappa shape index (κ1) is 15.4. The fourth-order valence-electron chi connectivity index (χ4n) is 2.21. The predicted molar refractivity (Wildman–Crippen MR) is 80.8 cm³/mol. The number of ether oxygens (including phenoxy) is 1. The number of aromatic amines is 1. The molecule has 2 N–H and O–H groups in total. The van der Waals surface area contributed by atoms with E-state index in [9.17, 15) is 9.18 Å². The van der Waals surface area contributed by atoms with Crippen LogP contribution in [0, 0.1) is 5.82 Å². The Morgan fingerprint density at radius 2 is 2.14 bits per heavy atom. The molecule has 5 heteroatoms. The maximum Gasteiger partial charge on any atom is 0.407 e. The van der Waals surface area contributed by atoms with Crippen molar-refractivity contribution in [2.75, 3.05) is 0 Å². The SMILES string of the molecule is CC(Cc1c[nH]c2ccc(F)cc12)NC(=O)OC(C)(C)C. The summed E-state index contributed by atoms with van der Waals surface area (Å²) in [5, 5.41) is 3.63. The second-order valence-corrected chi connectivity index (χ2v) is 6.26. The maximum atomic E-state index is 13.3. The molecular formula is C16H21FN2O2. The number of carbonyl (C=O) groups excluding carboxylic acids is 1. The summed E-state index contributed by atoms with van der Waals surface area (Å²) in [6.07, 6.45) is 2.00. The zero-order chi connectivity index (χ0) is 15.6. The molecule has 21 heavy (non-hydrogen) atoms. The summed E-state index contributed by atoms with van der Waals surface area (Å²) in [4.78, 5) is 14.8. The monoisotopic (exact) mass is 292 g/mol. The molecule has 2 rings (SSSR count). The molecule has 0 saturated carbocycles. The van der Waals surface area contributed by atoms with E-state index in [2.05, 4.69) is 10.3 Å². The topological polar surface area (TPSA) is 54.1 Å². The van der Waals surface area contributed by atoms with Gasteiger partial charge in [0.1, 0.15) is 11.4 Å². The van der Waals surface area contributed by atoms with Crippen LogP contribution in [-0.4, -0.2) is 22.7 Å². The predicted octanol–water partition coefficient (Wildman–Crippen LogP) is 3.76. The van der Waals surface area contributed by atoms with E-state index in [0.717, 1.165) is 16.5 Å². The molecule has 0 spiro atoms. The van der Waals surface area contributed by atoms with Gasteiger partial charge >= 0.3 is 6.09 Å². The number of nitrogens with one attached hydrogen (secondary N) is 2. The fourth-order valence-corrected chi connectivity index (χ4v) is 2.21. The molecular weight excluding hydrogens is 271 g/mol. The van der Waals surface area contributed by atoms with Gasteiger partial charge in [0, 0.05) is 23.1 Å². The van der Waals surface area contributed by atoms with Gasteiger partial charge in [-0.3, -0.25) is 0 Å². The molecule has 1 unspecified atom stereocenters. The first-order valence-electron chi connectivity index (χ1n) is 6.99. The van der Waals surface area contributed by atoms with Crippen LogP contribution in [0.4, 0.5) is 9.18 Å². The Morgan fingerprint density at radius 3 is 2.81 bits per heavy atom. The van der Waals surface area contributed by atoms with Crippen molar-refractivity contribution in [2.45, 2.75) is 45.8 Å². The van der Waals surface area contributed by atoms with Crippen molar-refractivity contribution >= 4 is 17.0 Å². The van der Waals surface area contributed by atoms with Crippen molar-refractivity contribution in [1.82, 2.24) is 10.3 Å². The van der Waals surface area contributed by atoms with Gasteiger partial charge in [-0.15, -0.1) is 0 Å². The molecule has 0 aliphatic heterocycles. The van der Waals surface area contributed by atoms with Gasteiger partial charge in [0.15, 0.2) is 0 Å². The van der Waals surface area contributed by atoms with E-state index in [-0.39, 0.29) is 11.9 Å². The number of H-pyrrole nitrogens is 1. The van der Waals surface area contributed by atoms with E-state index >= 15 is 0 Å². The Bertz CT molecular complexity index is 643. The number of aromatic nitrogens is 1. The van der Waals surface area contributed by atoms with Crippen molar-refractivity contribution in [3.63, 3.8) is 0 Å². The standard InChI is InChI=1S/C16H21FN2O2/c1-10(19-15(20)21-16(2,3)4)7-11-9-18-14-6-5-12(17)8-13(11)14/h5-6,8-10,18H,7H2,1-4H3,(H,19,20). The minimum Gasteiger partial charge on any atom is -0.444 e. The van der Waals surface area contributed by atoms with Crippen LogP contribution in [0.2, 0.25) is 0 Å². The lowest BCUT2D eigenvalue weighted by molar-refractivity contribution is 0.0508. The Balaban J connectivity index is 2.03. The van der Waals surface area contributed by atoms with Crippen LogP contribution in [0.3, 0.4) is 0 Å². The average Bonchev–Trinajstić information content (AvgIpc) is 2.69. The Kier molecular flexibility index (Phi) is 4.21. The maximum absolute atomic E-state index is 13.3. The summed E-state index contributed by atoms with van der Waals surface area (Å²) >= 11 is 0. The number of alkyl carbamates (subject to hydrolysis) is 1. The van der Waals surface area contributed by atoms with E-state index in [1.165, 1.54) is 12.1 Å². The van der Waals surface area contributed by atoms with Crippen LogP contribution in [-0.2, 0) is 11.2 Å². The number of carbonyl (C=O) groups is 1. The van der Waals surface area contributed by atoms with Gasteiger partial charge in [0.05, 0.1) is 0 Å². The van der Waals surface area contributed by atoms with Crippen molar-refractivity contribution in [3.05, 3.63) is 35.8 Å². The lowest BCUT2D eigenvalue weighted by Gasteiger charge is -2.21. The molecule has 0 fully saturated rings. The molecule has 1 atom stereocenters. The zero-order valence-corrected chi connectivity index (χ0v) is 12.8. The van der Waals surface area contributed by atoms with Crippen LogP contribution < -0.4 is 5.32 Å². The molecule has 0 radical (unpaired) electrons. The number of benzene rings is 1. The van der Waals surface area contributed by atoms with Crippen molar-refractivity contribution < 1.29 is 13.9 Å². The van der Waals surface area contributed by atoms with Crippen LogP contribution in [0.1, 0.15) is 33.3 Å². The van der Waals surface area contributed by atoms with Gasteiger partial charge in [-0.1, -0.05) is 0 Å². The second-order valence-electron chi connectivity index (χ2n) is 6.26. The Morgan fingerprint density at radius 1 is 1.43 bits per heavy atom. The van der Waals surface area contributed by atoms with Crippen LogP contribution in [0.25, 0.3) is 10.9 Å². The van der Waals surface area contributed by atoms with Gasteiger partial charge < -0.3 is 15.0 Å². The van der Waals surface area contributed by atoms with E-state index in [0.29, 0.717) is 6.42 Å². The molecule has 1 aromatic carbocycles. The Hall–Kier alpha value is -2.04. The fraction of sp³-hybridized carbons (Fsp3) is 0.438. The summed E-state index contributed by atoms with van der Waals surface area (Å²) in [5.74, 6) is -0.267. The minimum absolute atomic E-state index is 0.109. The summed E-state index contributed by atoms with van der Waals surface area (Å²) in [6, 6.07) is 4.52. The number of halogens is 1. The number of rotatable bonds is 3. The van der Waals surface area contributed by atoms with Crippen LogP contribution >= 0.6 is 0 Å². The normalized spacial score (nSPS) is 13.2. The van der Waals surface area contributed by atoms with Crippen molar-refractivity contribution in [1.29, 1.82) is 0 Å². The Labute approximate surface area is 123 Å².